The van der Waals surface area contributed by atoms with Crippen molar-refractivity contribution in [3.05, 3.63) is 0 Å². The average Bonchev–Trinajstić information content (AvgIpc) is 2.51. The summed E-state index contributed by atoms with van der Waals surface area (Å²) in [7, 11) is 0. The fraction of sp³-hybridized carbons (Fsp3) is 0.800. The number of carbonyl (C=O) groups is 2. The summed E-state index contributed by atoms with van der Waals surface area (Å²) in [5.41, 5.74) is 0. The zero-order valence-corrected chi connectivity index (χ0v) is 8.53. The third-order valence-electron chi connectivity index (χ3n) is 2.67. The van der Waals surface area contributed by atoms with Crippen molar-refractivity contribution in [2.75, 3.05) is 13.1 Å². The molecular formula is C10H17NO3. The van der Waals surface area contributed by atoms with Crippen LogP contribution in [0.3, 0.4) is 0 Å². The van der Waals surface area contributed by atoms with Crippen LogP contribution < -0.4 is 0 Å². The number of aliphatic carboxylic acids is 1. The second-order valence-electron chi connectivity index (χ2n) is 3.80. The number of Topliss-reactive ketones (excluding diaryl/α,β-unsaturated/α-hetero) is 1. The predicted octanol–water partition coefficient (Wildman–Crippen LogP) is 0.905. The van der Waals surface area contributed by atoms with E-state index in [9.17, 15) is 9.59 Å². The number of carbonyl (C=O) groups excluding carboxylic acids is 1. The van der Waals surface area contributed by atoms with Crippen LogP contribution >= 0.6 is 0 Å². The number of nitrogens with zero attached hydrogens (tertiary/aromatic N) is 1. The molecule has 1 aliphatic rings. The molecule has 0 amide bonds. The van der Waals surface area contributed by atoms with E-state index in [1.54, 1.807) is 6.92 Å². The standard InChI is InChI=1S/C10H17NO3/c1-8(12)9-4-2-6-11(9)7-3-5-10(13)14/h9H,2-7H2,1H3,(H,13,14)/t9-/m1/s1. The Morgan fingerprint density at radius 1 is 1.50 bits per heavy atom. The van der Waals surface area contributed by atoms with Gasteiger partial charge in [-0.15, -0.1) is 0 Å². The molecule has 80 valence electrons. The van der Waals surface area contributed by atoms with Crippen molar-refractivity contribution >= 4 is 11.8 Å². The van der Waals surface area contributed by atoms with E-state index in [0.29, 0.717) is 6.42 Å². The highest BCUT2D eigenvalue weighted by Crippen LogP contribution is 2.18. The summed E-state index contributed by atoms with van der Waals surface area (Å²) in [6, 6.07) is 0.0452. The largest absolute Gasteiger partial charge is 0.481 e. The third-order valence-corrected chi connectivity index (χ3v) is 2.67. The van der Waals surface area contributed by atoms with Crippen LogP contribution in [0.25, 0.3) is 0 Å². The van der Waals surface area contributed by atoms with Crippen LogP contribution in [0, 0.1) is 0 Å². The van der Waals surface area contributed by atoms with Crippen molar-refractivity contribution in [2.45, 2.75) is 38.6 Å². The zero-order valence-electron chi connectivity index (χ0n) is 8.53. The maximum Gasteiger partial charge on any atom is 0.303 e. The molecule has 1 saturated heterocycles. The van der Waals surface area contributed by atoms with Gasteiger partial charge in [0.1, 0.15) is 5.78 Å². The van der Waals surface area contributed by atoms with Crippen LogP contribution in [-0.2, 0) is 9.59 Å². The van der Waals surface area contributed by atoms with Crippen molar-refractivity contribution in [3.63, 3.8) is 0 Å². The van der Waals surface area contributed by atoms with Crippen molar-refractivity contribution in [1.29, 1.82) is 0 Å². The molecule has 0 saturated carbocycles. The predicted molar refractivity (Wildman–Crippen MR) is 52.1 cm³/mol. The first-order valence-corrected chi connectivity index (χ1v) is 5.07. The molecule has 0 spiro atoms. The van der Waals surface area contributed by atoms with E-state index >= 15 is 0 Å². The first-order chi connectivity index (χ1) is 6.61. The summed E-state index contributed by atoms with van der Waals surface area (Å²) in [5, 5.41) is 8.48. The summed E-state index contributed by atoms with van der Waals surface area (Å²) in [4.78, 5) is 23.6. The number of ketones is 1. The Hall–Kier alpha value is -0.900. The Balaban J connectivity index is 2.29. The first kappa shape index (κ1) is 11.2. The van der Waals surface area contributed by atoms with Gasteiger partial charge in [0, 0.05) is 6.42 Å². The minimum Gasteiger partial charge on any atom is -0.481 e. The molecule has 4 nitrogen and oxygen atoms in total. The van der Waals surface area contributed by atoms with Crippen LogP contribution in [0.2, 0.25) is 0 Å². The molecule has 0 aromatic heterocycles. The minimum atomic E-state index is -0.761. The van der Waals surface area contributed by atoms with Gasteiger partial charge in [-0.2, -0.15) is 0 Å². The Labute approximate surface area is 83.9 Å². The molecule has 0 aromatic rings. The topological polar surface area (TPSA) is 57.6 Å². The lowest BCUT2D eigenvalue weighted by Crippen LogP contribution is -2.35. The molecule has 14 heavy (non-hydrogen) atoms. The number of hydrogen-bond donors (Lipinski definition) is 1. The lowest BCUT2D eigenvalue weighted by molar-refractivity contribution is -0.137. The maximum atomic E-state index is 11.2. The van der Waals surface area contributed by atoms with Gasteiger partial charge in [-0.3, -0.25) is 14.5 Å². The van der Waals surface area contributed by atoms with Gasteiger partial charge in [-0.1, -0.05) is 0 Å². The summed E-state index contributed by atoms with van der Waals surface area (Å²) in [6.07, 6.45) is 2.82. The van der Waals surface area contributed by atoms with Crippen molar-refractivity contribution in [3.8, 4) is 0 Å². The van der Waals surface area contributed by atoms with E-state index in [1.165, 1.54) is 0 Å². The summed E-state index contributed by atoms with van der Waals surface area (Å²) in [5.74, 6) is -0.554. The van der Waals surface area contributed by atoms with E-state index in [0.717, 1.165) is 25.9 Å². The lowest BCUT2D eigenvalue weighted by atomic mass is 10.1. The summed E-state index contributed by atoms with van der Waals surface area (Å²) in [6.45, 7) is 3.28. The van der Waals surface area contributed by atoms with Gasteiger partial charge >= 0.3 is 5.97 Å². The second kappa shape index (κ2) is 5.10. The van der Waals surface area contributed by atoms with Crippen LogP contribution in [-0.4, -0.2) is 40.9 Å². The van der Waals surface area contributed by atoms with Crippen molar-refractivity contribution < 1.29 is 14.7 Å². The zero-order chi connectivity index (χ0) is 10.6. The first-order valence-electron chi connectivity index (χ1n) is 5.07. The molecule has 1 heterocycles. The summed E-state index contributed by atoms with van der Waals surface area (Å²) >= 11 is 0. The quantitative estimate of drug-likeness (QED) is 0.714. The van der Waals surface area contributed by atoms with E-state index < -0.39 is 5.97 Å². The third kappa shape index (κ3) is 3.10. The Kier molecular flexibility index (Phi) is 4.07. The average molecular weight is 199 g/mol. The maximum absolute atomic E-state index is 11.2. The van der Waals surface area contributed by atoms with Gasteiger partial charge in [0.25, 0.3) is 0 Å². The number of carboxylic acids is 1. The smallest absolute Gasteiger partial charge is 0.303 e. The molecule has 0 radical (unpaired) electrons. The fourth-order valence-corrected chi connectivity index (χ4v) is 1.99. The van der Waals surface area contributed by atoms with Gasteiger partial charge in [-0.05, 0) is 39.3 Å². The van der Waals surface area contributed by atoms with Crippen molar-refractivity contribution in [1.82, 2.24) is 4.90 Å². The molecule has 0 unspecified atom stereocenters. The van der Waals surface area contributed by atoms with E-state index in [2.05, 4.69) is 4.90 Å². The number of hydrogen-bond acceptors (Lipinski definition) is 3. The fourth-order valence-electron chi connectivity index (χ4n) is 1.99. The van der Waals surface area contributed by atoms with E-state index in [4.69, 9.17) is 5.11 Å². The number of carboxylic acid groups (broad SMARTS) is 1. The molecule has 1 fully saturated rings. The number of likely N-dealkylation sites (tertiary alicyclic amines) is 1. The molecule has 4 heteroatoms. The van der Waals surface area contributed by atoms with Crippen LogP contribution in [0.15, 0.2) is 0 Å². The van der Waals surface area contributed by atoms with E-state index in [-0.39, 0.29) is 18.2 Å². The van der Waals surface area contributed by atoms with Gasteiger partial charge in [0.2, 0.25) is 0 Å². The van der Waals surface area contributed by atoms with Gasteiger partial charge in [0.15, 0.2) is 0 Å². The molecule has 1 aliphatic heterocycles. The van der Waals surface area contributed by atoms with Gasteiger partial charge in [0.05, 0.1) is 6.04 Å². The normalized spacial score (nSPS) is 22.5. The van der Waals surface area contributed by atoms with Crippen LogP contribution in [0.5, 0.6) is 0 Å². The van der Waals surface area contributed by atoms with E-state index in [1.807, 2.05) is 0 Å². The van der Waals surface area contributed by atoms with Crippen LogP contribution in [0.4, 0.5) is 0 Å². The molecule has 1 N–H and O–H groups in total. The monoisotopic (exact) mass is 199 g/mol. The lowest BCUT2D eigenvalue weighted by Gasteiger charge is -2.21. The minimum absolute atomic E-state index is 0.0452. The highest BCUT2D eigenvalue weighted by Gasteiger charge is 2.27. The highest BCUT2D eigenvalue weighted by molar-refractivity contribution is 5.81. The molecule has 1 atom stereocenters. The Morgan fingerprint density at radius 2 is 2.21 bits per heavy atom. The number of rotatable bonds is 5. The second-order valence-corrected chi connectivity index (χ2v) is 3.80. The molecule has 1 rings (SSSR count). The van der Waals surface area contributed by atoms with Gasteiger partial charge in [-0.25, -0.2) is 0 Å². The highest BCUT2D eigenvalue weighted by atomic mass is 16.4. The van der Waals surface area contributed by atoms with Crippen LogP contribution in [0.1, 0.15) is 32.6 Å². The summed E-state index contributed by atoms with van der Waals surface area (Å²) < 4.78 is 0. The SMILES string of the molecule is CC(=O)[C@H]1CCCN1CCCC(=O)O. The Morgan fingerprint density at radius 3 is 2.79 bits per heavy atom. The Bertz CT molecular complexity index is 227. The van der Waals surface area contributed by atoms with Crippen molar-refractivity contribution in [2.24, 2.45) is 0 Å². The molecule has 0 aliphatic carbocycles. The molecular weight excluding hydrogens is 182 g/mol. The van der Waals surface area contributed by atoms with Gasteiger partial charge < -0.3 is 5.11 Å². The molecule has 0 bridgehead atoms. The molecule has 0 aromatic carbocycles.